The van der Waals surface area contributed by atoms with Crippen molar-refractivity contribution in [3.8, 4) is 0 Å². The van der Waals surface area contributed by atoms with Crippen molar-refractivity contribution in [3.05, 3.63) is 95.7 Å². The number of urea groups is 1. The molecule has 8 nitrogen and oxygen atoms in total. The number of nitrogens with zero attached hydrogens (tertiary/aromatic N) is 3. The van der Waals surface area contributed by atoms with E-state index in [2.05, 4.69) is 25.9 Å². The van der Waals surface area contributed by atoms with Crippen LogP contribution in [0.5, 0.6) is 0 Å². The van der Waals surface area contributed by atoms with Crippen LogP contribution in [-0.2, 0) is 11.3 Å². The van der Waals surface area contributed by atoms with E-state index in [-0.39, 0.29) is 11.9 Å². The molecule has 3 heterocycles. The van der Waals surface area contributed by atoms with Crippen LogP contribution in [0.25, 0.3) is 11.7 Å². The molecule has 0 spiro atoms. The van der Waals surface area contributed by atoms with Crippen molar-refractivity contribution in [2.75, 3.05) is 10.6 Å². The third kappa shape index (κ3) is 5.30. The zero-order chi connectivity index (χ0) is 22.3. The number of amides is 3. The van der Waals surface area contributed by atoms with Gasteiger partial charge in [0.15, 0.2) is 5.15 Å². The molecule has 3 N–H and O–H groups in total. The van der Waals surface area contributed by atoms with E-state index in [1.807, 2.05) is 36.5 Å². The lowest BCUT2D eigenvalue weighted by Gasteiger charge is -2.09. The van der Waals surface area contributed by atoms with Crippen LogP contribution >= 0.6 is 11.6 Å². The Morgan fingerprint density at radius 2 is 1.78 bits per heavy atom. The topological polar surface area (TPSA) is 100 Å². The molecule has 0 unspecified atom stereocenters. The zero-order valence-electron chi connectivity index (χ0n) is 16.8. The van der Waals surface area contributed by atoms with Gasteiger partial charge in [0.2, 0.25) is 5.91 Å². The number of hydrogen-bond acceptors (Lipinski definition) is 4. The average molecular weight is 447 g/mol. The van der Waals surface area contributed by atoms with Gasteiger partial charge in [-0.1, -0.05) is 23.7 Å². The lowest BCUT2D eigenvalue weighted by atomic mass is 10.2. The summed E-state index contributed by atoms with van der Waals surface area (Å²) in [7, 11) is 0. The number of anilines is 2. The highest BCUT2D eigenvalue weighted by atomic mass is 35.5. The van der Waals surface area contributed by atoms with Crippen molar-refractivity contribution in [1.29, 1.82) is 0 Å². The molecule has 9 heteroatoms. The fourth-order valence-corrected chi connectivity index (χ4v) is 3.25. The normalized spacial score (nSPS) is 10.9. The summed E-state index contributed by atoms with van der Waals surface area (Å²) in [5.41, 5.74) is 3.32. The highest BCUT2D eigenvalue weighted by Crippen LogP contribution is 2.19. The molecule has 0 fully saturated rings. The van der Waals surface area contributed by atoms with Gasteiger partial charge in [0, 0.05) is 42.6 Å². The molecule has 0 bridgehead atoms. The van der Waals surface area contributed by atoms with Crippen LogP contribution in [0.4, 0.5) is 16.2 Å². The maximum atomic E-state index is 12.4. The number of nitrogens with one attached hydrogen (secondary N) is 3. The summed E-state index contributed by atoms with van der Waals surface area (Å²) >= 11 is 6.18. The van der Waals surface area contributed by atoms with Gasteiger partial charge in [0.1, 0.15) is 5.65 Å². The van der Waals surface area contributed by atoms with E-state index < -0.39 is 0 Å². The van der Waals surface area contributed by atoms with Gasteiger partial charge in [0.25, 0.3) is 0 Å². The third-order valence-corrected chi connectivity index (χ3v) is 4.78. The molecule has 0 saturated carbocycles. The van der Waals surface area contributed by atoms with Gasteiger partial charge in [0.05, 0.1) is 5.69 Å². The molecule has 0 aliphatic carbocycles. The largest absolute Gasteiger partial charge is 0.334 e. The fraction of sp³-hybridized carbons (Fsp3) is 0.0435. The molecule has 32 heavy (non-hydrogen) atoms. The maximum absolute atomic E-state index is 12.4. The van der Waals surface area contributed by atoms with Gasteiger partial charge in [-0.3, -0.25) is 14.2 Å². The van der Waals surface area contributed by atoms with E-state index in [1.165, 1.54) is 6.08 Å². The average Bonchev–Trinajstić information content (AvgIpc) is 3.12. The molecule has 160 valence electrons. The van der Waals surface area contributed by atoms with E-state index in [0.717, 1.165) is 5.56 Å². The molecule has 4 rings (SSSR count). The second-order valence-electron chi connectivity index (χ2n) is 6.78. The molecular formula is C23H19ClN6O2. The van der Waals surface area contributed by atoms with Gasteiger partial charge in [-0.25, -0.2) is 9.78 Å². The molecule has 1 aromatic carbocycles. The van der Waals surface area contributed by atoms with Crippen molar-refractivity contribution in [1.82, 2.24) is 19.7 Å². The van der Waals surface area contributed by atoms with E-state index >= 15 is 0 Å². The first-order valence-corrected chi connectivity index (χ1v) is 10.1. The summed E-state index contributed by atoms with van der Waals surface area (Å²) in [5.74, 6) is -0.341. The van der Waals surface area contributed by atoms with E-state index in [1.54, 1.807) is 47.1 Å². The minimum absolute atomic E-state index is 0.309. The third-order valence-electron chi connectivity index (χ3n) is 4.50. The minimum atomic E-state index is -0.354. The number of aromatic nitrogens is 3. The van der Waals surface area contributed by atoms with Crippen LogP contribution in [0.1, 0.15) is 11.3 Å². The Morgan fingerprint density at radius 3 is 2.59 bits per heavy atom. The Morgan fingerprint density at radius 1 is 1.00 bits per heavy atom. The number of imidazole rings is 1. The van der Waals surface area contributed by atoms with Crippen molar-refractivity contribution < 1.29 is 9.59 Å². The number of halogens is 1. The Labute approximate surface area is 189 Å². The number of hydrogen-bond donors (Lipinski definition) is 3. The molecular weight excluding hydrogens is 428 g/mol. The van der Waals surface area contributed by atoms with Crippen LogP contribution in [0.3, 0.4) is 0 Å². The number of rotatable bonds is 6. The SMILES string of the molecule is O=C(C=Cc1c(Cl)nc2ccccn12)Nc1cccc(NC(=O)NCc2ccncc2)c1. The van der Waals surface area contributed by atoms with Gasteiger partial charge < -0.3 is 16.0 Å². The number of carbonyl (C=O) groups excluding carboxylic acids is 2. The van der Waals surface area contributed by atoms with Gasteiger partial charge in [-0.2, -0.15) is 0 Å². The summed E-state index contributed by atoms with van der Waals surface area (Å²) < 4.78 is 1.79. The summed E-state index contributed by atoms with van der Waals surface area (Å²) in [6.45, 7) is 0.376. The maximum Gasteiger partial charge on any atom is 0.319 e. The van der Waals surface area contributed by atoms with E-state index in [9.17, 15) is 9.59 Å². The van der Waals surface area contributed by atoms with Gasteiger partial charge >= 0.3 is 6.03 Å². The number of pyridine rings is 2. The molecule has 3 aromatic heterocycles. The summed E-state index contributed by atoms with van der Waals surface area (Å²) in [5, 5.41) is 8.59. The van der Waals surface area contributed by atoms with Crippen LogP contribution in [0.15, 0.2) is 79.3 Å². The van der Waals surface area contributed by atoms with Crippen LogP contribution in [0.2, 0.25) is 5.15 Å². The number of fused-ring (bicyclic) bond motifs is 1. The van der Waals surface area contributed by atoms with Crippen LogP contribution in [-0.4, -0.2) is 26.3 Å². The van der Waals surface area contributed by atoms with Crippen LogP contribution in [0, 0.1) is 0 Å². The van der Waals surface area contributed by atoms with Gasteiger partial charge in [-0.05, 0) is 54.1 Å². The molecule has 3 amide bonds. The first-order valence-electron chi connectivity index (χ1n) is 9.74. The predicted molar refractivity (Wildman–Crippen MR) is 124 cm³/mol. The zero-order valence-corrected chi connectivity index (χ0v) is 17.6. The van der Waals surface area contributed by atoms with Gasteiger partial charge in [-0.15, -0.1) is 0 Å². The number of carbonyl (C=O) groups is 2. The van der Waals surface area contributed by atoms with Crippen LogP contribution < -0.4 is 16.0 Å². The summed E-state index contributed by atoms with van der Waals surface area (Å²) in [6.07, 6.45) is 8.13. The lowest BCUT2D eigenvalue weighted by molar-refractivity contribution is -0.111. The molecule has 0 atom stereocenters. The smallest absolute Gasteiger partial charge is 0.319 e. The number of benzene rings is 1. The quantitative estimate of drug-likeness (QED) is 0.383. The molecule has 0 aliphatic heterocycles. The highest BCUT2D eigenvalue weighted by molar-refractivity contribution is 6.31. The first-order chi connectivity index (χ1) is 15.6. The summed E-state index contributed by atoms with van der Waals surface area (Å²) in [4.78, 5) is 32.7. The second-order valence-corrected chi connectivity index (χ2v) is 7.14. The Hall–Kier alpha value is -4.17. The Balaban J connectivity index is 1.36. The Bertz CT molecular complexity index is 1290. The molecule has 4 aromatic rings. The Kier molecular flexibility index (Phi) is 6.43. The van der Waals surface area contributed by atoms with Crippen molar-refractivity contribution in [3.63, 3.8) is 0 Å². The lowest BCUT2D eigenvalue weighted by Crippen LogP contribution is -2.28. The van der Waals surface area contributed by atoms with Crippen molar-refractivity contribution >= 4 is 46.6 Å². The second kappa shape index (κ2) is 9.76. The molecule has 0 radical (unpaired) electrons. The first kappa shape index (κ1) is 21.1. The van der Waals surface area contributed by atoms with Crippen molar-refractivity contribution in [2.45, 2.75) is 6.54 Å². The van der Waals surface area contributed by atoms with Crippen molar-refractivity contribution in [2.24, 2.45) is 0 Å². The fourth-order valence-electron chi connectivity index (χ4n) is 3.01. The highest BCUT2D eigenvalue weighted by Gasteiger charge is 2.08. The van der Waals surface area contributed by atoms with E-state index in [0.29, 0.717) is 34.4 Å². The minimum Gasteiger partial charge on any atom is -0.334 e. The summed E-state index contributed by atoms with van der Waals surface area (Å²) in [6, 6.07) is 15.7. The van der Waals surface area contributed by atoms with E-state index in [4.69, 9.17) is 11.6 Å². The molecule has 0 aliphatic rings. The standard InChI is InChI=1S/C23H19ClN6O2/c24-22-19(30-13-2-1-6-20(30)29-22)7-8-21(31)27-17-4-3-5-18(14-17)28-23(32)26-15-16-9-11-25-12-10-16/h1-14H,15H2,(H,27,31)(H2,26,28,32). The monoisotopic (exact) mass is 446 g/mol. The predicted octanol–water partition coefficient (Wildman–Crippen LogP) is 4.36. The molecule has 0 saturated heterocycles.